The number of nitrogens with zero attached hydrogens (tertiary/aromatic N) is 2. The largest absolute Gasteiger partial charge is 0.280 e. The topological polar surface area (TPSA) is 48.6 Å². The smallest absolute Gasteiger partial charge is 0.181 e. The SMILES string of the molecule is N=C1N=NC(c2ccccc2)=CS/C1=C\c1ccc(F)cc1. The molecule has 22 heavy (non-hydrogen) atoms. The van der Waals surface area contributed by atoms with Crippen LogP contribution in [0.4, 0.5) is 4.39 Å². The molecule has 0 unspecified atom stereocenters. The highest BCUT2D eigenvalue weighted by Gasteiger charge is 2.11. The third-order valence-electron chi connectivity index (χ3n) is 3.03. The summed E-state index contributed by atoms with van der Waals surface area (Å²) in [5.74, 6) is -0.187. The lowest BCUT2D eigenvalue weighted by Gasteiger charge is -2.00. The third kappa shape index (κ3) is 3.38. The molecule has 0 aliphatic carbocycles. The van der Waals surface area contributed by atoms with Gasteiger partial charge in [0, 0.05) is 11.0 Å². The first-order valence-electron chi connectivity index (χ1n) is 6.62. The van der Waals surface area contributed by atoms with Gasteiger partial charge in [-0.25, -0.2) is 4.39 Å². The normalized spacial score (nSPS) is 16.5. The average molecular weight is 309 g/mol. The fourth-order valence-electron chi connectivity index (χ4n) is 1.90. The van der Waals surface area contributed by atoms with Gasteiger partial charge in [-0.1, -0.05) is 54.2 Å². The highest BCUT2D eigenvalue weighted by molar-refractivity contribution is 8.07. The first-order valence-corrected chi connectivity index (χ1v) is 7.50. The molecule has 0 fully saturated rings. The molecule has 0 aromatic heterocycles. The molecule has 0 radical (unpaired) electrons. The Hall–Kier alpha value is -2.53. The molecule has 0 atom stereocenters. The highest BCUT2D eigenvalue weighted by atomic mass is 32.2. The second kappa shape index (κ2) is 6.49. The fourth-order valence-corrected chi connectivity index (χ4v) is 2.68. The van der Waals surface area contributed by atoms with E-state index in [4.69, 9.17) is 5.41 Å². The van der Waals surface area contributed by atoms with E-state index in [0.29, 0.717) is 4.91 Å². The number of halogens is 1. The maximum atomic E-state index is 12.9. The van der Waals surface area contributed by atoms with Crippen molar-refractivity contribution in [3.05, 3.63) is 81.9 Å². The van der Waals surface area contributed by atoms with E-state index >= 15 is 0 Å². The van der Waals surface area contributed by atoms with Gasteiger partial charge in [0.05, 0.1) is 10.6 Å². The second-order valence-electron chi connectivity index (χ2n) is 4.60. The minimum Gasteiger partial charge on any atom is -0.280 e. The lowest BCUT2D eigenvalue weighted by atomic mass is 10.2. The quantitative estimate of drug-likeness (QED) is 0.799. The van der Waals surface area contributed by atoms with Gasteiger partial charge in [0.2, 0.25) is 0 Å². The van der Waals surface area contributed by atoms with E-state index in [1.54, 1.807) is 18.2 Å². The van der Waals surface area contributed by atoms with Crippen molar-refractivity contribution in [2.24, 2.45) is 10.2 Å². The molecule has 1 aliphatic heterocycles. The zero-order chi connectivity index (χ0) is 15.4. The van der Waals surface area contributed by atoms with Crippen molar-refractivity contribution in [2.45, 2.75) is 0 Å². The van der Waals surface area contributed by atoms with Crippen molar-refractivity contribution in [2.75, 3.05) is 0 Å². The third-order valence-corrected chi connectivity index (χ3v) is 3.93. The first-order chi connectivity index (χ1) is 10.7. The molecule has 0 amide bonds. The summed E-state index contributed by atoms with van der Waals surface area (Å²) in [5.41, 5.74) is 2.49. The lowest BCUT2D eigenvalue weighted by molar-refractivity contribution is 0.628. The Morgan fingerprint density at radius 2 is 1.68 bits per heavy atom. The number of amidine groups is 1. The zero-order valence-electron chi connectivity index (χ0n) is 11.5. The molecule has 0 saturated carbocycles. The van der Waals surface area contributed by atoms with Crippen LogP contribution in [0, 0.1) is 11.2 Å². The molecule has 1 aliphatic rings. The molecular weight excluding hydrogens is 297 g/mol. The number of hydrogen-bond donors (Lipinski definition) is 1. The van der Waals surface area contributed by atoms with Crippen LogP contribution in [0.25, 0.3) is 11.8 Å². The molecule has 2 aromatic rings. The second-order valence-corrected chi connectivity index (χ2v) is 5.51. The van der Waals surface area contributed by atoms with Gasteiger partial charge in [0.25, 0.3) is 0 Å². The van der Waals surface area contributed by atoms with E-state index in [-0.39, 0.29) is 11.7 Å². The molecule has 1 N–H and O–H groups in total. The van der Waals surface area contributed by atoms with Gasteiger partial charge in [-0.3, -0.25) is 5.41 Å². The monoisotopic (exact) mass is 309 g/mol. The summed E-state index contributed by atoms with van der Waals surface area (Å²) in [7, 11) is 0. The lowest BCUT2D eigenvalue weighted by Crippen LogP contribution is -1.91. The number of nitrogens with one attached hydrogen (secondary N) is 1. The van der Waals surface area contributed by atoms with Crippen molar-refractivity contribution < 1.29 is 4.39 Å². The maximum Gasteiger partial charge on any atom is 0.181 e. The minimum atomic E-state index is -0.281. The van der Waals surface area contributed by atoms with Gasteiger partial charge >= 0.3 is 0 Å². The zero-order valence-corrected chi connectivity index (χ0v) is 12.3. The molecule has 0 spiro atoms. The van der Waals surface area contributed by atoms with Crippen LogP contribution in [0.3, 0.4) is 0 Å². The van der Waals surface area contributed by atoms with Crippen LogP contribution in [-0.2, 0) is 0 Å². The van der Waals surface area contributed by atoms with E-state index < -0.39 is 0 Å². The number of hydrogen-bond acceptors (Lipinski definition) is 3. The van der Waals surface area contributed by atoms with Crippen LogP contribution in [0.2, 0.25) is 0 Å². The van der Waals surface area contributed by atoms with Crippen molar-refractivity contribution in [3.63, 3.8) is 0 Å². The van der Waals surface area contributed by atoms with Crippen molar-refractivity contribution in [3.8, 4) is 0 Å². The van der Waals surface area contributed by atoms with Crippen molar-refractivity contribution in [1.29, 1.82) is 5.41 Å². The summed E-state index contributed by atoms with van der Waals surface area (Å²) >= 11 is 1.39. The molecule has 0 saturated heterocycles. The summed E-state index contributed by atoms with van der Waals surface area (Å²) in [5, 5.41) is 17.9. The van der Waals surface area contributed by atoms with E-state index in [1.165, 1.54) is 23.9 Å². The van der Waals surface area contributed by atoms with Crippen LogP contribution in [-0.4, -0.2) is 5.84 Å². The predicted molar refractivity (Wildman–Crippen MR) is 89.0 cm³/mol. The van der Waals surface area contributed by atoms with Crippen molar-refractivity contribution >= 4 is 29.4 Å². The van der Waals surface area contributed by atoms with E-state index in [2.05, 4.69) is 10.2 Å². The van der Waals surface area contributed by atoms with Crippen LogP contribution in [0.15, 0.2) is 75.1 Å². The number of azo groups is 1. The van der Waals surface area contributed by atoms with E-state index in [0.717, 1.165) is 16.8 Å². The summed E-state index contributed by atoms with van der Waals surface area (Å²) in [6.45, 7) is 0. The van der Waals surface area contributed by atoms with Gasteiger partial charge in [-0.2, -0.15) is 0 Å². The van der Waals surface area contributed by atoms with Gasteiger partial charge in [0.15, 0.2) is 5.84 Å². The molecule has 3 nitrogen and oxygen atoms in total. The standard InChI is InChI=1S/C17H12FN3S/c18-14-8-6-12(7-9-14)10-16-17(19)21-20-15(11-22-16)13-4-2-1-3-5-13/h1-11,19H/b16-10-,19-17?. The summed E-state index contributed by atoms with van der Waals surface area (Å²) < 4.78 is 12.9. The molecule has 108 valence electrons. The summed E-state index contributed by atoms with van der Waals surface area (Å²) in [6, 6.07) is 15.8. The number of benzene rings is 2. The Labute approximate surface area is 131 Å². The highest BCUT2D eigenvalue weighted by Crippen LogP contribution is 2.30. The molecule has 0 bridgehead atoms. The number of rotatable bonds is 2. The van der Waals surface area contributed by atoms with E-state index in [9.17, 15) is 4.39 Å². The summed E-state index contributed by atoms with van der Waals surface area (Å²) in [6.07, 6.45) is 1.80. The average Bonchev–Trinajstić information content (AvgIpc) is 2.73. The van der Waals surface area contributed by atoms with Gasteiger partial charge in [-0.05, 0) is 23.8 Å². The number of thioether (sulfide) groups is 1. The minimum absolute atomic E-state index is 0.0940. The van der Waals surface area contributed by atoms with Crippen LogP contribution >= 0.6 is 11.8 Å². The van der Waals surface area contributed by atoms with Gasteiger partial charge < -0.3 is 0 Å². The molecule has 1 heterocycles. The Balaban J connectivity index is 1.89. The first kappa shape index (κ1) is 14.4. The Kier molecular flexibility index (Phi) is 4.25. The van der Waals surface area contributed by atoms with Crippen LogP contribution in [0.1, 0.15) is 11.1 Å². The molecule has 3 rings (SSSR count). The Morgan fingerprint density at radius 1 is 0.955 bits per heavy atom. The molecule has 5 heteroatoms. The maximum absolute atomic E-state index is 12.9. The van der Waals surface area contributed by atoms with E-state index in [1.807, 2.05) is 35.7 Å². The van der Waals surface area contributed by atoms with Crippen molar-refractivity contribution in [1.82, 2.24) is 0 Å². The van der Waals surface area contributed by atoms with Crippen LogP contribution in [0.5, 0.6) is 0 Å². The summed E-state index contributed by atoms with van der Waals surface area (Å²) in [4.78, 5) is 0.668. The van der Waals surface area contributed by atoms with Gasteiger partial charge in [0.1, 0.15) is 5.82 Å². The molecular formula is C17H12FN3S. The van der Waals surface area contributed by atoms with Gasteiger partial charge in [-0.15, -0.1) is 10.2 Å². The fraction of sp³-hybridized carbons (Fsp3) is 0. The Morgan fingerprint density at radius 3 is 2.41 bits per heavy atom. The predicted octanol–water partition coefficient (Wildman–Crippen LogP) is 5.34. The van der Waals surface area contributed by atoms with Crippen LogP contribution < -0.4 is 0 Å². The molecule has 2 aromatic carbocycles. The Bertz CT molecular complexity index is 777.